The van der Waals surface area contributed by atoms with E-state index >= 15 is 0 Å². The van der Waals surface area contributed by atoms with Crippen molar-refractivity contribution in [2.24, 2.45) is 0 Å². The van der Waals surface area contributed by atoms with E-state index in [4.69, 9.17) is 0 Å². The van der Waals surface area contributed by atoms with Crippen LogP contribution in [0.15, 0.2) is 57.9 Å². The van der Waals surface area contributed by atoms with E-state index in [2.05, 4.69) is 21.2 Å². The third-order valence-electron chi connectivity index (χ3n) is 5.35. The van der Waals surface area contributed by atoms with E-state index in [1.165, 1.54) is 24.1 Å². The number of aryl methyl sites for hydroxylation is 1. The van der Waals surface area contributed by atoms with Gasteiger partial charge in [0, 0.05) is 24.6 Å². The summed E-state index contributed by atoms with van der Waals surface area (Å²) in [4.78, 5) is 27.5. The maximum Gasteiger partial charge on any atom is 0.243 e. The highest BCUT2D eigenvalue weighted by molar-refractivity contribution is 9.10. The fourth-order valence-electron chi connectivity index (χ4n) is 3.16. The second-order valence-electron chi connectivity index (χ2n) is 8.04. The van der Waals surface area contributed by atoms with Crippen molar-refractivity contribution in [2.75, 3.05) is 20.1 Å². The molecule has 2 rings (SSSR count). The van der Waals surface area contributed by atoms with Crippen LogP contribution in [0.1, 0.15) is 37.8 Å². The first-order valence-corrected chi connectivity index (χ1v) is 13.1. The summed E-state index contributed by atoms with van der Waals surface area (Å²) in [6.45, 7) is 5.90. The fraction of sp³-hybridized carbons (Fsp3) is 0.417. The number of carbonyl (C=O) groups excluding carboxylic acids is 2. The zero-order valence-corrected chi connectivity index (χ0v) is 21.9. The van der Waals surface area contributed by atoms with Crippen LogP contribution in [0.2, 0.25) is 0 Å². The Kier molecular flexibility index (Phi) is 10.1. The summed E-state index contributed by atoms with van der Waals surface area (Å²) in [5.41, 5.74) is 1.78. The number of sulfonamides is 1. The van der Waals surface area contributed by atoms with Crippen molar-refractivity contribution in [3.8, 4) is 0 Å². The van der Waals surface area contributed by atoms with E-state index in [9.17, 15) is 18.0 Å². The number of hydrogen-bond acceptors (Lipinski definition) is 4. The van der Waals surface area contributed by atoms with Crippen molar-refractivity contribution in [3.05, 3.63) is 64.1 Å². The van der Waals surface area contributed by atoms with Gasteiger partial charge in [-0.3, -0.25) is 9.59 Å². The van der Waals surface area contributed by atoms with Gasteiger partial charge in [0.2, 0.25) is 21.8 Å². The summed E-state index contributed by atoms with van der Waals surface area (Å²) in [5.74, 6) is -0.716. The average Bonchev–Trinajstić information content (AvgIpc) is 2.78. The Labute approximate surface area is 205 Å². The first kappa shape index (κ1) is 27.0. The topological polar surface area (TPSA) is 86.8 Å². The molecule has 0 unspecified atom stereocenters. The SMILES string of the molecule is CCCCNC(=O)[C@H](C)N(Cc1ccc(Br)cc1)C(=O)CN(C)S(=O)(=O)c1ccc(C)cc1. The highest BCUT2D eigenvalue weighted by atomic mass is 79.9. The number of hydrogen-bond donors (Lipinski definition) is 1. The minimum Gasteiger partial charge on any atom is -0.354 e. The van der Waals surface area contributed by atoms with Gasteiger partial charge in [-0.05, 0) is 50.1 Å². The largest absolute Gasteiger partial charge is 0.354 e. The smallest absolute Gasteiger partial charge is 0.243 e. The third-order valence-corrected chi connectivity index (χ3v) is 7.70. The molecule has 0 fully saturated rings. The van der Waals surface area contributed by atoms with Gasteiger partial charge >= 0.3 is 0 Å². The second kappa shape index (κ2) is 12.3. The highest BCUT2D eigenvalue weighted by Crippen LogP contribution is 2.17. The average molecular weight is 539 g/mol. The minimum atomic E-state index is -3.85. The molecular weight excluding hydrogens is 506 g/mol. The molecule has 0 aliphatic heterocycles. The van der Waals surface area contributed by atoms with Gasteiger partial charge in [-0.25, -0.2) is 8.42 Å². The molecule has 0 saturated carbocycles. The van der Waals surface area contributed by atoms with Gasteiger partial charge in [0.1, 0.15) is 6.04 Å². The lowest BCUT2D eigenvalue weighted by atomic mass is 10.1. The lowest BCUT2D eigenvalue weighted by molar-refractivity contribution is -0.140. The van der Waals surface area contributed by atoms with Crippen molar-refractivity contribution < 1.29 is 18.0 Å². The van der Waals surface area contributed by atoms with Crippen LogP contribution in [-0.2, 0) is 26.2 Å². The molecule has 1 N–H and O–H groups in total. The van der Waals surface area contributed by atoms with Crippen LogP contribution >= 0.6 is 15.9 Å². The number of amides is 2. The number of nitrogens with zero attached hydrogens (tertiary/aromatic N) is 2. The summed E-state index contributed by atoms with van der Waals surface area (Å²) in [5, 5.41) is 2.86. The van der Waals surface area contributed by atoms with Gasteiger partial charge in [-0.1, -0.05) is 59.1 Å². The number of carbonyl (C=O) groups is 2. The molecule has 2 aromatic rings. The zero-order valence-electron chi connectivity index (χ0n) is 19.5. The normalized spacial score (nSPS) is 12.4. The Balaban J connectivity index is 2.22. The summed E-state index contributed by atoms with van der Waals surface area (Å²) in [7, 11) is -2.48. The minimum absolute atomic E-state index is 0.119. The lowest BCUT2D eigenvalue weighted by Gasteiger charge is -2.30. The fourth-order valence-corrected chi connectivity index (χ4v) is 4.55. The molecule has 0 bridgehead atoms. The Hall–Kier alpha value is -2.23. The van der Waals surface area contributed by atoms with Crippen LogP contribution in [0.4, 0.5) is 0 Å². The quantitative estimate of drug-likeness (QED) is 0.442. The Bertz CT molecular complexity index is 1040. The molecular formula is C24H32BrN3O4S. The van der Waals surface area contributed by atoms with Gasteiger partial charge in [0.15, 0.2) is 0 Å². The predicted octanol–water partition coefficient (Wildman–Crippen LogP) is 3.71. The van der Waals surface area contributed by atoms with E-state index in [0.717, 1.165) is 32.7 Å². The lowest BCUT2D eigenvalue weighted by Crippen LogP contribution is -2.50. The summed E-state index contributed by atoms with van der Waals surface area (Å²) in [6, 6.07) is 13.2. The second-order valence-corrected chi connectivity index (χ2v) is 11.0. The molecule has 2 amide bonds. The van der Waals surface area contributed by atoms with Gasteiger partial charge in [-0.2, -0.15) is 4.31 Å². The zero-order chi connectivity index (χ0) is 24.6. The van der Waals surface area contributed by atoms with Gasteiger partial charge in [-0.15, -0.1) is 0 Å². The van der Waals surface area contributed by atoms with Crippen molar-refractivity contribution >= 4 is 37.8 Å². The standard InChI is InChI=1S/C24H32BrN3O4S/c1-5-6-15-26-24(30)19(3)28(16-20-9-11-21(25)12-10-20)23(29)17-27(4)33(31,32)22-13-7-18(2)8-14-22/h7-14,19H,5-6,15-17H2,1-4H3,(H,26,30)/t19-/m0/s1. The number of likely N-dealkylation sites (N-methyl/N-ethyl adjacent to an activating group) is 1. The molecule has 2 aromatic carbocycles. The van der Waals surface area contributed by atoms with E-state index in [1.807, 2.05) is 38.1 Å². The Morgan fingerprint density at radius 1 is 1.06 bits per heavy atom. The van der Waals surface area contributed by atoms with Gasteiger partial charge in [0.25, 0.3) is 0 Å². The van der Waals surface area contributed by atoms with Crippen molar-refractivity contribution in [3.63, 3.8) is 0 Å². The number of benzene rings is 2. The Morgan fingerprint density at radius 2 is 1.67 bits per heavy atom. The molecule has 0 aromatic heterocycles. The van der Waals surface area contributed by atoms with Crippen LogP contribution in [0.3, 0.4) is 0 Å². The van der Waals surface area contributed by atoms with Gasteiger partial charge < -0.3 is 10.2 Å². The maximum absolute atomic E-state index is 13.3. The van der Waals surface area contributed by atoms with Crippen LogP contribution in [0, 0.1) is 6.92 Å². The summed E-state index contributed by atoms with van der Waals surface area (Å²) in [6.07, 6.45) is 1.79. The van der Waals surface area contributed by atoms with Crippen molar-refractivity contribution in [1.29, 1.82) is 0 Å². The molecule has 0 saturated heterocycles. The molecule has 0 spiro atoms. The monoisotopic (exact) mass is 537 g/mol. The van der Waals surface area contributed by atoms with Gasteiger partial charge in [0.05, 0.1) is 11.4 Å². The number of unbranched alkanes of at least 4 members (excludes halogenated alkanes) is 1. The molecule has 7 nitrogen and oxygen atoms in total. The van der Waals surface area contributed by atoms with Crippen molar-refractivity contribution in [1.82, 2.24) is 14.5 Å². The van der Waals surface area contributed by atoms with Crippen LogP contribution in [0.25, 0.3) is 0 Å². The molecule has 0 aliphatic carbocycles. The third kappa shape index (κ3) is 7.65. The predicted molar refractivity (Wildman–Crippen MR) is 133 cm³/mol. The van der Waals surface area contributed by atoms with E-state index in [0.29, 0.717) is 6.54 Å². The number of rotatable bonds is 11. The van der Waals surface area contributed by atoms with Crippen LogP contribution in [0.5, 0.6) is 0 Å². The molecule has 0 aliphatic rings. The molecule has 180 valence electrons. The van der Waals surface area contributed by atoms with Crippen molar-refractivity contribution in [2.45, 2.75) is 51.1 Å². The molecule has 0 radical (unpaired) electrons. The first-order valence-electron chi connectivity index (χ1n) is 10.9. The van der Waals surface area contributed by atoms with Crippen LogP contribution < -0.4 is 5.32 Å². The maximum atomic E-state index is 13.3. The molecule has 0 heterocycles. The number of nitrogens with one attached hydrogen (secondary N) is 1. The molecule has 33 heavy (non-hydrogen) atoms. The Morgan fingerprint density at radius 3 is 2.24 bits per heavy atom. The van der Waals surface area contributed by atoms with Crippen LogP contribution in [-0.4, -0.2) is 55.6 Å². The molecule has 1 atom stereocenters. The number of halogens is 1. The highest BCUT2D eigenvalue weighted by Gasteiger charge is 2.30. The summed E-state index contributed by atoms with van der Waals surface area (Å²) >= 11 is 3.39. The van der Waals surface area contributed by atoms with E-state index in [-0.39, 0.29) is 23.9 Å². The van der Waals surface area contributed by atoms with E-state index < -0.39 is 22.0 Å². The molecule has 9 heteroatoms. The summed E-state index contributed by atoms with van der Waals surface area (Å²) < 4.78 is 27.8. The first-order chi connectivity index (χ1) is 15.6. The van der Waals surface area contributed by atoms with E-state index in [1.54, 1.807) is 19.1 Å².